The Hall–Kier alpha value is -2.16. The lowest BCUT2D eigenvalue weighted by atomic mass is 9.81. The lowest BCUT2D eigenvalue weighted by molar-refractivity contribution is 0.0501. The van der Waals surface area contributed by atoms with Crippen LogP contribution in [0.2, 0.25) is 0 Å². The molecule has 114 valence electrons. The van der Waals surface area contributed by atoms with Gasteiger partial charge in [0, 0.05) is 28.7 Å². The predicted molar refractivity (Wildman–Crippen MR) is 84.9 cm³/mol. The van der Waals surface area contributed by atoms with Gasteiger partial charge >= 0.3 is 0 Å². The minimum absolute atomic E-state index is 0.0203. The number of ketones is 2. The molecule has 1 saturated heterocycles. The highest BCUT2D eigenvalue weighted by Gasteiger charge is 2.35. The number of hydrogen-bond donors (Lipinski definition) is 0. The van der Waals surface area contributed by atoms with Crippen LogP contribution in [0.15, 0.2) is 47.7 Å². The Labute approximate surface area is 130 Å². The molecule has 1 aliphatic carbocycles. The first kappa shape index (κ1) is 14.8. The van der Waals surface area contributed by atoms with Gasteiger partial charge in [0.05, 0.1) is 5.76 Å². The van der Waals surface area contributed by atoms with E-state index >= 15 is 0 Å². The van der Waals surface area contributed by atoms with E-state index in [0.717, 1.165) is 25.0 Å². The SMILES string of the molecule is C=C1CCC(C)(CCC2=C(C)C(=O)c3ccccc3C2=O)O1. The summed E-state index contributed by atoms with van der Waals surface area (Å²) < 4.78 is 5.79. The van der Waals surface area contributed by atoms with Crippen molar-refractivity contribution >= 4 is 11.6 Å². The molecule has 1 heterocycles. The van der Waals surface area contributed by atoms with Crippen molar-refractivity contribution < 1.29 is 14.3 Å². The van der Waals surface area contributed by atoms with Crippen molar-refractivity contribution in [2.45, 2.75) is 45.1 Å². The molecule has 22 heavy (non-hydrogen) atoms. The molecule has 3 nitrogen and oxygen atoms in total. The van der Waals surface area contributed by atoms with E-state index in [4.69, 9.17) is 4.74 Å². The molecule has 1 aromatic carbocycles. The van der Waals surface area contributed by atoms with Gasteiger partial charge in [0.25, 0.3) is 0 Å². The van der Waals surface area contributed by atoms with Crippen LogP contribution in [0.3, 0.4) is 0 Å². The fraction of sp³-hybridized carbons (Fsp3) is 0.368. The van der Waals surface area contributed by atoms with Crippen molar-refractivity contribution in [2.24, 2.45) is 0 Å². The molecular weight excluding hydrogens is 276 g/mol. The van der Waals surface area contributed by atoms with Gasteiger partial charge in [-0.25, -0.2) is 0 Å². The fourth-order valence-corrected chi connectivity index (χ4v) is 3.27. The van der Waals surface area contributed by atoms with Crippen LogP contribution in [0.5, 0.6) is 0 Å². The first-order valence-electron chi connectivity index (χ1n) is 7.66. The van der Waals surface area contributed by atoms with E-state index in [0.29, 0.717) is 28.7 Å². The molecule has 3 heteroatoms. The zero-order valence-corrected chi connectivity index (χ0v) is 13.1. The van der Waals surface area contributed by atoms with Crippen LogP contribution in [0.25, 0.3) is 0 Å². The van der Waals surface area contributed by atoms with Gasteiger partial charge in [0.1, 0.15) is 5.60 Å². The van der Waals surface area contributed by atoms with Crippen LogP contribution in [0.4, 0.5) is 0 Å². The summed E-state index contributed by atoms with van der Waals surface area (Å²) in [5.74, 6) is 0.754. The molecule has 3 rings (SSSR count). The number of rotatable bonds is 3. The van der Waals surface area contributed by atoms with E-state index in [2.05, 4.69) is 6.58 Å². The average Bonchev–Trinajstić information content (AvgIpc) is 2.84. The molecule has 0 spiro atoms. The average molecular weight is 296 g/mol. The maximum absolute atomic E-state index is 12.7. The molecule has 0 radical (unpaired) electrons. The minimum atomic E-state index is -0.273. The molecule has 1 unspecified atom stereocenters. The van der Waals surface area contributed by atoms with Crippen molar-refractivity contribution in [3.63, 3.8) is 0 Å². The molecule has 0 aromatic heterocycles. The maximum atomic E-state index is 12.7. The quantitative estimate of drug-likeness (QED) is 0.837. The van der Waals surface area contributed by atoms with E-state index in [9.17, 15) is 9.59 Å². The lowest BCUT2D eigenvalue weighted by Gasteiger charge is -2.26. The van der Waals surface area contributed by atoms with Gasteiger partial charge in [-0.15, -0.1) is 0 Å². The van der Waals surface area contributed by atoms with E-state index in [1.807, 2.05) is 6.92 Å². The van der Waals surface area contributed by atoms with Gasteiger partial charge in [0.15, 0.2) is 11.6 Å². The molecule has 0 amide bonds. The molecule has 0 bridgehead atoms. The van der Waals surface area contributed by atoms with E-state index in [1.165, 1.54) is 0 Å². The highest BCUT2D eigenvalue weighted by Crippen LogP contribution is 2.38. The van der Waals surface area contributed by atoms with E-state index in [1.54, 1.807) is 31.2 Å². The first-order valence-corrected chi connectivity index (χ1v) is 7.66. The Bertz CT molecular complexity index is 711. The molecule has 0 saturated carbocycles. The van der Waals surface area contributed by atoms with Gasteiger partial charge < -0.3 is 4.74 Å². The summed E-state index contributed by atoms with van der Waals surface area (Å²) in [5, 5.41) is 0. The third-order valence-corrected chi connectivity index (χ3v) is 4.71. The standard InChI is InChI=1S/C19H20O3/c1-12-8-10-19(3,22-12)11-9-14-13(2)17(20)15-6-4-5-7-16(15)18(14)21/h4-7H,1,8-11H2,2-3H3. The van der Waals surface area contributed by atoms with E-state index in [-0.39, 0.29) is 17.2 Å². The number of hydrogen-bond acceptors (Lipinski definition) is 3. The number of benzene rings is 1. The third-order valence-electron chi connectivity index (χ3n) is 4.71. The Kier molecular flexibility index (Phi) is 3.51. The number of Topliss-reactive ketones (excluding diaryl/α,β-unsaturated/α-hetero) is 2. The topological polar surface area (TPSA) is 43.4 Å². The van der Waals surface area contributed by atoms with Crippen molar-refractivity contribution in [1.82, 2.24) is 0 Å². The Morgan fingerprint density at radius 1 is 1.18 bits per heavy atom. The normalized spacial score (nSPS) is 24.5. The summed E-state index contributed by atoms with van der Waals surface area (Å²) in [6.45, 7) is 7.66. The largest absolute Gasteiger partial charge is 0.493 e. The molecule has 1 fully saturated rings. The Morgan fingerprint density at radius 2 is 1.82 bits per heavy atom. The van der Waals surface area contributed by atoms with Gasteiger partial charge in [-0.05, 0) is 33.1 Å². The van der Waals surface area contributed by atoms with Crippen LogP contribution < -0.4 is 0 Å². The summed E-state index contributed by atoms with van der Waals surface area (Å²) >= 11 is 0. The second-order valence-corrected chi connectivity index (χ2v) is 6.40. The van der Waals surface area contributed by atoms with Crippen molar-refractivity contribution in [3.8, 4) is 0 Å². The Balaban J connectivity index is 1.85. The monoisotopic (exact) mass is 296 g/mol. The zero-order valence-electron chi connectivity index (χ0n) is 13.1. The van der Waals surface area contributed by atoms with E-state index < -0.39 is 0 Å². The number of allylic oxidation sites excluding steroid dienone is 3. The third kappa shape index (κ3) is 2.41. The number of ether oxygens (including phenoxy) is 1. The summed E-state index contributed by atoms with van der Waals surface area (Å²) in [4.78, 5) is 25.1. The van der Waals surface area contributed by atoms with Crippen LogP contribution in [-0.4, -0.2) is 17.2 Å². The maximum Gasteiger partial charge on any atom is 0.190 e. The zero-order chi connectivity index (χ0) is 15.9. The summed E-state index contributed by atoms with van der Waals surface area (Å²) in [6, 6.07) is 7.05. The molecule has 1 atom stereocenters. The highest BCUT2D eigenvalue weighted by molar-refractivity contribution is 6.26. The summed E-state index contributed by atoms with van der Waals surface area (Å²) in [6.07, 6.45) is 3.07. The fourth-order valence-electron chi connectivity index (χ4n) is 3.27. The van der Waals surface area contributed by atoms with Crippen molar-refractivity contribution in [2.75, 3.05) is 0 Å². The first-order chi connectivity index (χ1) is 10.4. The van der Waals surface area contributed by atoms with Gasteiger partial charge in [-0.1, -0.05) is 30.8 Å². The van der Waals surface area contributed by atoms with Crippen LogP contribution >= 0.6 is 0 Å². The number of carbonyl (C=O) groups is 2. The smallest absolute Gasteiger partial charge is 0.190 e. The van der Waals surface area contributed by atoms with Crippen LogP contribution in [0.1, 0.15) is 60.2 Å². The van der Waals surface area contributed by atoms with Crippen molar-refractivity contribution in [3.05, 3.63) is 58.9 Å². The predicted octanol–water partition coefficient (Wildman–Crippen LogP) is 4.25. The lowest BCUT2D eigenvalue weighted by Crippen LogP contribution is -2.26. The minimum Gasteiger partial charge on any atom is -0.493 e. The molecular formula is C19H20O3. The van der Waals surface area contributed by atoms with Crippen molar-refractivity contribution in [1.29, 1.82) is 0 Å². The molecule has 0 N–H and O–H groups in total. The highest BCUT2D eigenvalue weighted by atomic mass is 16.5. The summed E-state index contributed by atoms with van der Waals surface area (Å²) in [5.41, 5.74) is 1.97. The van der Waals surface area contributed by atoms with Gasteiger partial charge in [0.2, 0.25) is 0 Å². The summed E-state index contributed by atoms with van der Waals surface area (Å²) in [7, 11) is 0. The van der Waals surface area contributed by atoms with Crippen LogP contribution in [-0.2, 0) is 4.74 Å². The number of carbonyl (C=O) groups excluding carboxylic acids is 2. The molecule has 1 aliphatic heterocycles. The van der Waals surface area contributed by atoms with Gasteiger partial charge in [-0.2, -0.15) is 0 Å². The van der Waals surface area contributed by atoms with Crippen LogP contribution in [0, 0.1) is 0 Å². The Morgan fingerprint density at radius 3 is 2.41 bits per heavy atom. The van der Waals surface area contributed by atoms with Gasteiger partial charge in [-0.3, -0.25) is 9.59 Å². The molecule has 2 aliphatic rings. The number of fused-ring (bicyclic) bond motifs is 1. The molecule has 1 aromatic rings. The second-order valence-electron chi connectivity index (χ2n) is 6.40. The second kappa shape index (κ2) is 5.24.